The van der Waals surface area contributed by atoms with Crippen molar-refractivity contribution in [2.24, 2.45) is 5.92 Å². The van der Waals surface area contributed by atoms with Gasteiger partial charge in [0, 0.05) is 18.9 Å². The Labute approximate surface area is 89.9 Å². The molecule has 2 N–H and O–H groups in total. The fourth-order valence-corrected chi connectivity index (χ4v) is 1.16. The molecular weight excluding hydrogens is 200 g/mol. The van der Waals surface area contributed by atoms with Gasteiger partial charge in [0.2, 0.25) is 0 Å². The van der Waals surface area contributed by atoms with Crippen molar-refractivity contribution < 1.29 is 24.8 Å². The number of hydrogen-bond acceptors (Lipinski definition) is 5. The number of carbonyl (C=O) groups excluding carboxylic acids is 1. The number of aliphatic hydroxyl groups excluding tert-OH is 1. The fraction of sp³-hybridized carbons (Fsp3) is 0.900. The van der Waals surface area contributed by atoms with Crippen LogP contribution in [0.3, 0.4) is 0 Å². The monoisotopic (exact) mass is 220 g/mol. The number of hydrogen-bond donors (Lipinski definition) is 2. The molecule has 0 radical (unpaired) electrons. The molecule has 1 atom stereocenters. The molecule has 0 saturated heterocycles. The second-order valence-corrected chi connectivity index (χ2v) is 3.41. The minimum atomic E-state index is -0.188. The van der Waals surface area contributed by atoms with Crippen molar-refractivity contribution in [2.75, 3.05) is 19.8 Å². The van der Waals surface area contributed by atoms with Gasteiger partial charge >= 0.3 is 5.97 Å². The third-order valence-electron chi connectivity index (χ3n) is 2.13. The average molecular weight is 220 g/mol. The molecule has 0 spiro atoms. The first kappa shape index (κ1) is 14.3. The number of carbonyl (C=O) groups is 1. The number of aliphatic hydroxyl groups is 1. The fourth-order valence-electron chi connectivity index (χ4n) is 1.16. The van der Waals surface area contributed by atoms with E-state index in [2.05, 4.69) is 4.89 Å². The quantitative estimate of drug-likeness (QED) is 0.264. The van der Waals surface area contributed by atoms with Crippen molar-refractivity contribution in [2.45, 2.75) is 32.6 Å². The second-order valence-electron chi connectivity index (χ2n) is 3.41. The van der Waals surface area contributed by atoms with Crippen LogP contribution in [0.4, 0.5) is 0 Å². The second kappa shape index (κ2) is 9.89. The maximum Gasteiger partial charge on any atom is 0.305 e. The summed E-state index contributed by atoms with van der Waals surface area (Å²) < 4.78 is 4.88. The van der Waals surface area contributed by atoms with Gasteiger partial charge in [-0.25, -0.2) is 4.89 Å². The highest BCUT2D eigenvalue weighted by Gasteiger charge is 2.07. The van der Waals surface area contributed by atoms with Crippen LogP contribution in [-0.4, -0.2) is 36.2 Å². The molecule has 0 amide bonds. The Kier molecular flexibility index (Phi) is 9.46. The number of ether oxygens (including phenoxy) is 1. The number of unbranched alkanes of at least 4 members (excludes halogenated alkanes) is 1. The molecule has 0 aromatic carbocycles. The summed E-state index contributed by atoms with van der Waals surface area (Å²) in [4.78, 5) is 14.7. The van der Waals surface area contributed by atoms with Crippen LogP contribution < -0.4 is 0 Å². The molecule has 0 bridgehead atoms. The van der Waals surface area contributed by atoms with Gasteiger partial charge in [-0.15, -0.1) is 0 Å². The maximum absolute atomic E-state index is 10.8. The number of rotatable bonds is 9. The van der Waals surface area contributed by atoms with Crippen LogP contribution in [0, 0.1) is 5.92 Å². The third kappa shape index (κ3) is 8.35. The summed E-state index contributed by atoms with van der Waals surface area (Å²) in [5.41, 5.74) is 0. The normalized spacial score (nSPS) is 12.5. The van der Waals surface area contributed by atoms with Crippen LogP contribution in [0.5, 0.6) is 0 Å². The Morgan fingerprint density at radius 1 is 1.40 bits per heavy atom. The zero-order chi connectivity index (χ0) is 11.5. The summed E-state index contributed by atoms with van der Waals surface area (Å²) in [5, 5.41) is 17.1. The van der Waals surface area contributed by atoms with Crippen LogP contribution in [0.2, 0.25) is 0 Å². The molecule has 0 aromatic heterocycles. The smallest absolute Gasteiger partial charge is 0.305 e. The molecule has 5 nitrogen and oxygen atoms in total. The molecule has 0 heterocycles. The molecule has 0 fully saturated rings. The van der Waals surface area contributed by atoms with Crippen molar-refractivity contribution in [3.8, 4) is 0 Å². The molecule has 5 heteroatoms. The van der Waals surface area contributed by atoms with E-state index in [9.17, 15) is 4.79 Å². The summed E-state index contributed by atoms with van der Waals surface area (Å²) in [7, 11) is 0. The Morgan fingerprint density at radius 2 is 2.13 bits per heavy atom. The van der Waals surface area contributed by atoms with E-state index in [0.29, 0.717) is 13.0 Å². The van der Waals surface area contributed by atoms with Gasteiger partial charge in [-0.3, -0.25) is 10.1 Å². The summed E-state index contributed by atoms with van der Waals surface area (Å²) in [6, 6.07) is 0. The van der Waals surface area contributed by atoms with E-state index in [1.807, 2.05) is 0 Å². The van der Waals surface area contributed by atoms with Crippen molar-refractivity contribution in [3.05, 3.63) is 0 Å². The lowest BCUT2D eigenvalue weighted by Gasteiger charge is -2.11. The predicted octanol–water partition coefficient (Wildman–Crippen LogP) is 1.21. The maximum atomic E-state index is 10.8. The van der Waals surface area contributed by atoms with E-state index < -0.39 is 0 Å². The van der Waals surface area contributed by atoms with Crippen molar-refractivity contribution in [1.82, 2.24) is 0 Å². The van der Waals surface area contributed by atoms with Gasteiger partial charge in [0.15, 0.2) is 0 Å². The van der Waals surface area contributed by atoms with Gasteiger partial charge in [0.1, 0.15) is 0 Å². The minimum absolute atomic E-state index is 0.00466. The molecule has 15 heavy (non-hydrogen) atoms. The van der Waals surface area contributed by atoms with Gasteiger partial charge in [0.25, 0.3) is 0 Å². The van der Waals surface area contributed by atoms with Gasteiger partial charge < -0.3 is 9.84 Å². The molecule has 90 valence electrons. The van der Waals surface area contributed by atoms with E-state index >= 15 is 0 Å². The molecule has 1 unspecified atom stereocenters. The Bertz CT molecular complexity index is 160. The summed E-state index contributed by atoms with van der Waals surface area (Å²) in [6.45, 7) is 2.31. The lowest BCUT2D eigenvalue weighted by atomic mass is 10.0. The third-order valence-corrected chi connectivity index (χ3v) is 2.13. The molecule has 0 aliphatic rings. The number of esters is 1. The van der Waals surface area contributed by atoms with Crippen LogP contribution in [0.15, 0.2) is 0 Å². The first-order valence-corrected chi connectivity index (χ1v) is 5.27. The van der Waals surface area contributed by atoms with Gasteiger partial charge in [-0.2, -0.15) is 0 Å². The van der Waals surface area contributed by atoms with E-state index in [0.717, 1.165) is 19.3 Å². The van der Waals surface area contributed by atoms with Gasteiger partial charge in [-0.05, 0) is 19.3 Å². The predicted molar refractivity (Wildman–Crippen MR) is 54.3 cm³/mol. The topological polar surface area (TPSA) is 76.0 Å². The highest BCUT2D eigenvalue weighted by Crippen LogP contribution is 2.08. The Balaban J connectivity index is 3.32. The highest BCUT2D eigenvalue weighted by atomic mass is 17.1. The van der Waals surface area contributed by atoms with Crippen LogP contribution in [-0.2, 0) is 14.4 Å². The zero-order valence-electron chi connectivity index (χ0n) is 9.15. The average Bonchev–Trinajstić information content (AvgIpc) is 2.26. The molecule has 0 aliphatic heterocycles. The Morgan fingerprint density at radius 3 is 2.67 bits per heavy atom. The summed E-state index contributed by atoms with van der Waals surface area (Å²) >= 11 is 0. The van der Waals surface area contributed by atoms with Crippen molar-refractivity contribution in [3.63, 3.8) is 0 Å². The van der Waals surface area contributed by atoms with Crippen molar-refractivity contribution in [1.29, 1.82) is 0 Å². The highest BCUT2D eigenvalue weighted by molar-refractivity contribution is 5.68. The van der Waals surface area contributed by atoms with Crippen LogP contribution >= 0.6 is 0 Å². The zero-order valence-corrected chi connectivity index (χ0v) is 9.15. The largest absolute Gasteiger partial charge is 0.466 e. The first-order valence-electron chi connectivity index (χ1n) is 5.27. The summed E-state index contributed by atoms with van der Waals surface area (Å²) in [5.74, 6) is -0.232. The van der Waals surface area contributed by atoms with Gasteiger partial charge in [0.05, 0.1) is 13.2 Å². The molecule has 0 saturated carbocycles. The van der Waals surface area contributed by atoms with Crippen molar-refractivity contribution >= 4 is 5.97 Å². The lowest BCUT2D eigenvalue weighted by molar-refractivity contribution is -0.253. The standard InChI is InChI=1S/C10H20O5/c1-2-10(12)14-6-4-3-5-9(7-11)8-15-13/h9,11,13H,2-8H2,1H3. The van der Waals surface area contributed by atoms with E-state index in [1.165, 1.54) is 0 Å². The SMILES string of the molecule is CCC(=O)OCCCCC(CO)COO. The van der Waals surface area contributed by atoms with Crippen LogP contribution in [0.25, 0.3) is 0 Å². The van der Waals surface area contributed by atoms with Gasteiger partial charge in [-0.1, -0.05) is 6.92 Å². The molecule has 0 aromatic rings. The lowest BCUT2D eigenvalue weighted by Crippen LogP contribution is -2.13. The van der Waals surface area contributed by atoms with E-state index in [-0.39, 0.29) is 25.1 Å². The van der Waals surface area contributed by atoms with Crippen LogP contribution in [0.1, 0.15) is 32.6 Å². The minimum Gasteiger partial charge on any atom is -0.466 e. The van der Waals surface area contributed by atoms with E-state index in [1.54, 1.807) is 6.92 Å². The Hall–Kier alpha value is -0.650. The summed E-state index contributed by atoms with van der Waals surface area (Å²) in [6.07, 6.45) is 2.76. The first-order chi connectivity index (χ1) is 7.24. The van der Waals surface area contributed by atoms with E-state index in [4.69, 9.17) is 15.1 Å². The molecule has 0 aliphatic carbocycles. The molecule has 0 rings (SSSR count). The molecular formula is C10H20O5.